The van der Waals surface area contributed by atoms with Gasteiger partial charge in [-0.2, -0.15) is 0 Å². The van der Waals surface area contributed by atoms with Crippen LogP contribution in [0.3, 0.4) is 0 Å². The van der Waals surface area contributed by atoms with Crippen LogP contribution in [0.15, 0.2) is 12.4 Å². The SMILES string of the molecule is C=C(NCCCCCC1CC(C)[C@@H](CC)C(CCC)C1)NC1CC(CC)(CCC)C1C. The summed E-state index contributed by atoms with van der Waals surface area (Å²) in [5.41, 5.74) is 0.580. The van der Waals surface area contributed by atoms with Gasteiger partial charge in [-0.25, -0.2) is 0 Å². The predicted molar refractivity (Wildman–Crippen MR) is 138 cm³/mol. The lowest BCUT2D eigenvalue weighted by Crippen LogP contribution is -2.57. The second kappa shape index (κ2) is 13.1. The molecule has 7 atom stereocenters. The van der Waals surface area contributed by atoms with Crippen molar-refractivity contribution in [1.82, 2.24) is 10.6 Å². The molecule has 2 rings (SSSR count). The van der Waals surface area contributed by atoms with Crippen LogP contribution in [0.2, 0.25) is 0 Å². The summed E-state index contributed by atoms with van der Waals surface area (Å²) in [6, 6.07) is 0.614. The first kappa shape index (κ1) is 26.6. The highest BCUT2D eigenvalue weighted by atomic mass is 15.1. The number of hydrogen-bond donors (Lipinski definition) is 2. The molecule has 2 N–H and O–H groups in total. The van der Waals surface area contributed by atoms with E-state index in [9.17, 15) is 0 Å². The minimum atomic E-state index is 0.580. The molecule has 0 amide bonds. The molecule has 2 fully saturated rings. The molecule has 2 saturated carbocycles. The third-order valence-electron chi connectivity index (χ3n) is 9.44. The van der Waals surface area contributed by atoms with Crippen molar-refractivity contribution in [2.75, 3.05) is 6.54 Å². The lowest BCUT2D eigenvalue weighted by atomic mass is 9.54. The molecule has 31 heavy (non-hydrogen) atoms. The number of hydrogen-bond acceptors (Lipinski definition) is 2. The number of unbranched alkanes of at least 4 members (excludes halogenated alkanes) is 2. The maximum Gasteiger partial charge on any atom is 0.0914 e. The smallest absolute Gasteiger partial charge is 0.0914 e. The van der Waals surface area contributed by atoms with Gasteiger partial charge in [0.25, 0.3) is 0 Å². The molecule has 2 aliphatic carbocycles. The van der Waals surface area contributed by atoms with E-state index in [4.69, 9.17) is 0 Å². The Bertz CT molecular complexity index is 515. The number of rotatable bonds is 15. The van der Waals surface area contributed by atoms with Crippen molar-refractivity contribution in [1.29, 1.82) is 0 Å². The first-order chi connectivity index (χ1) is 14.9. The van der Waals surface area contributed by atoms with Gasteiger partial charge in [-0.3, -0.25) is 0 Å². The van der Waals surface area contributed by atoms with Crippen LogP contribution >= 0.6 is 0 Å². The first-order valence-electron chi connectivity index (χ1n) is 14.1. The summed E-state index contributed by atoms with van der Waals surface area (Å²) in [6.07, 6.45) is 18.0. The van der Waals surface area contributed by atoms with Gasteiger partial charge >= 0.3 is 0 Å². The lowest BCUT2D eigenvalue weighted by Gasteiger charge is -2.55. The molecule has 0 aromatic carbocycles. The van der Waals surface area contributed by atoms with Gasteiger partial charge in [0.05, 0.1) is 5.82 Å². The van der Waals surface area contributed by atoms with E-state index in [-0.39, 0.29) is 0 Å². The highest BCUT2D eigenvalue weighted by Gasteiger charge is 2.49. The van der Waals surface area contributed by atoms with E-state index in [0.717, 1.165) is 42.0 Å². The van der Waals surface area contributed by atoms with Crippen LogP contribution in [0.1, 0.15) is 125 Å². The quantitative estimate of drug-likeness (QED) is 0.254. The Hall–Kier alpha value is -0.660. The molecule has 2 nitrogen and oxygen atoms in total. The average Bonchev–Trinajstić information content (AvgIpc) is 2.75. The molecule has 0 bridgehead atoms. The predicted octanol–water partition coefficient (Wildman–Crippen LogP) is 8.29. The van der Waals surface area contributed by atoms with E-state index in [0.29, 0.717) is 11.5 Å². The summed E-state index contributed by atoms with van der Waals surface area (Å²) in [4.78, 5) is 0. The maximum absolute atomic E-state index is 4.25. The van der Waals surface area contributed by atoms with Crippen LogP contribution in [-0.4, -0.2) is 12.6 Å². The highest BCUT2D eigenvalue weighted by molar-refractivity contribution is 5.06. The van der Waals surface area contributed by atoms with Crippen LogP contribution in [0.4, 0.5) is 0 Å². The Kier molecular flexibility index (Phi) is 11.3. The van der Waals surface area contributed by atoms with E-state index >= 15 is 0 Å². The van der Waals surface area contributed by atoms with Gasteiger partial charge in [-0.05, 0) is 67.1 Å². The highest BCUT2D eigenvalue weighted by Crippen LogP contribution is 2.52. The van der Waals surface area contributed by atoms with Crippen molar-refractivity contribution in [2.24, 2.45) is 35.0 Å². The van der Waals surface area contributed by atoms with Crippen LogP contribution in [0, 0.1) is 35.0 Å². The molecule has 0 heterocycles. The lowest BCUT2D eigenvalue weighted by molar-refractivity contribution is -0.0110. The molecule has 182 valence electrons. The molecular weight excluding hydrogens is 376 g/mol. The summed E-state index contributed by atoms with van der Waals surface area (Å²) in [5.74, 6) is 5.72. The Morgan fingerprint density at radius 2 is 1.74 bits per heavy atom. The second-order valence-electron chi connectivity index (χ2n) is 11.4. The fourth-order valence-electron chi connectivity index (χ4n) is 7.50. The maximum atomic E-state index is 4.25. The molecule has 0 aromatic rings. The van der Waals surface area contributed by atoms with E-state index in [1.807, 2.05) is 0 Å². The second-order valence-corrected chi connectivity index (χ2v) is 11.4. The normalized spacial score (nSPS) is 35.4. The van der Waals surface area contributed by atoms with Gasteiger partial charge in [-0.1, -0.05) is 99.5 Å². The topological polar surface area (TPSA) is 24.1 Å². The molecule has 6 unspecified atom stereocenters. The molecule has 2 heteroatoms. The van der Waals surface area contributed by atoms with Gasteiger partial charge < -0.3 is 10.6 Å². The standard InChI is InChI=1S/C29H56N2/c1-8-15-26-20-25(19-22(5)27(26)10-3)16-13-12-14-18-30-24(7)31-28-21-29(11-4,17-9-2)23(28)6/h22-23,25-28,30-31H,7-21H2,1-6H3/t22?,23?,25?,26?,27-,28?,29?/m1/s1. The molecule has 0 saturated heterocycles. The van der Waals surface area contributed by atoms with Crippen molar-refractivity contribution in [2.45, 2.75) is 131 Å². The van der Waals surface area contributed by atoms with Crippen LogP contribution in [0.25, 0.3) is 0 Å². The van der Waals surface area contributed by atoms with Crippen LogP contribution in [-0.2, 0) is 0 Å². The Labute approximate surface area is 195 Å². The molecule has 0 spiro atoms. The van der Waals surface area contributed by atoms with Gasteiger partial charge in [-0.15, -0.1) is 0 Å². The Morgan fingerprint density at radius 3 is 2.35 bits per heavy atom. The van der Waals surface area contributed by atoms with Crippen LogP contribution < -0.4 is 10.6 Å². The molecule has 0 aliphatic heterocycles. The van der Waals surface area contributed by atoms with Gasteiger partial charge in [0.1, 0.15) is 0 Å². The minimum Gasteiger partial charge on any atom is -0.372 e. The first-order valence-corrected chi connectivity index (χ1v) is 14.1. The fraction of sp³-hybridized carbons (Fsp3) is 0.931. The summed E-state index contributed by atoms with van der Waals surface area (Å²) < 4.78 is 0. The van der Waals surface area contributed by atoms with Gasteiger partial charge in [0, 0.05) is 12.6 Å². The van der Waals surface area contributed by atoms with Crippen molar-refractivity contribution < 1.29 is 0 Å². The van der Waals surface area contributed by atoms with Gasteiger partial charge in [0.2, 0.25) is 0 Å². The van der Waals surface area contributed by atoms with Crippen molar-refractivity contribution in [3.05, 3.63) is 12.4 Å². The average molecular weight is 433 g/mol. The van der Waals surface area contributed by atoms with Crippen molar-refractivity contribution >= 4 is 0 Å². The van der Waals surface area contributed by atoms with E-state index in [2.05, 4.69) is 58.8 Å². The monoisotopic (exact) mass is 432 g/mol. The molecule has 0 aromatic heterocycles. The van der Waals surface area contributed by atoms with E-state index in [1.54, 1.807) is 0 Å². The Morgan fingerprint density at radius 1 is 0.968 bits per heavy atom. The van der Waals surface area contributed by atoms with Crippen LogP contribution in [0.5, 0.6) is 0 Å². The van der Waals surface area contributed by atoms with E-state index in [1.165, 1.54) is 83.5 Å². The largest absolute Gasteiger partial charge is 0.372 e. The summed E-state index contributed by atoms with van der Waals surface area (Å²) in [6.45, 7) is 19.8. The zero-order valence-electron chi connectivity index (χ0n) is 22.1. The zero-order chi connectivity index (χ0) is 22.9. The van der Waals surface area contributed by atoms with Gasteiger partial charge in [0.15, 0.2) is 0 Å². The van der Waals surface area contributed by atoms with E-state index < -0.39 is 0 Å². The zero-order valence-corrected chi connectivity index (χ0v) is 22.1. The third-order valence-corrected chi connectivity index (χ3v) is 9.44. The summed E-state index contributed by atoms with van der Waals surface area (Å²) in [5, 5.41) is 7.24. The van der Waals surface area contributed by atoms with Crippen molar-refractivity contribution in [3.8, 4) is 0 Å². The summed E-state index contributed by atoms with van der Waals surface area (Å²) in [7, 11) is 0. The van der Waals surface area contributed by atoms with Crippen molar-refractivity contribution in [3.63, 3.8) is 0 Å². The Balaban J connectivity index is 1.57. The summed E-state index contributed by atoms with van der Waals surface area (Å²) >= 11 is 0. The minimum absolute atomic E-state index is 0.580. The molecule has 0 radical (unpaired) electrons. The number of nitrogens with one attached hydrogen (secondary N) is 2. The fourth-order valence-corrected chi connectivity index (χ4v) is 7.50. The third kappa shape index (κ3) is 7.16. The molecular formula is C29H56N2. The molecule has 2 aliphatic rings.